The van der Waals surface area contributed by atoms with Crippen molar-refractivity contribution in [1.29, 1.82) is 0 Å². The number of hydrogen-bond donors (Lipinski definition) is 0. The maximum absolute atomic E-state index is 15.4. The third-order valence-corrected chi connectivity index (χ3v) is 22.2. The first-order chi connectivity index (χ1) is 56.1. The minimum Gasteiger partial charge on any atom is -0.496 e. The Bertz CT molecular complexity index is 4590. The van der Waals surface area contributed by atoms with Gasteiger partial charge in [-0.2, -0.15) is 0 Å². The number of amides is 8. The normalized spacial score (nSPS) is 19.8. The number of ether oxygens (including phenoxy) is 10. The van der Waals surface area contributed by atoms with E-state index >= 15 is 28.8 Å². The lowest BCUT2D eigenvalue weighted by atomic mass is 9.89. The van der Waals surface area contributed by atoms with Crippen LogP contribution in [0.1, 0.15) is 99.9 Å². The predicted molar refractivity (Wildman–Crippen MR) is 422 cm³/mol. The molecular formula is C88H92N8O20. The number of carbonyl (C=O) groups is 10. The molecule has 8 aliphatic rings. The Labute approximate surface area is 671 Å². The smallest absolute Gasteiger partial charge is 0.358 e. The summed E-state index contributed by atoms with van der Waals surface area (Å²) in [5, 5.41) is 0. The maximum atomic E-state index is 15.4. The summed E-state index contributed by atoms with van der Waals surface area (Å²) in [4.78, 5) is 152. The van der Waals surface area contributed by atoms with Crippen molar-refractivity contribution in [3.8, 4) is 67.5 Å². The zero-order chi connectivity index (χ0) is 82.7. The van der Waals surface area contributed by atoms with E-state index < -0.39 is 70.7 Å². The molecule has 0 bridgehead atoms. The summed E-state index contributed by atoms with van der Waals surface area (Å²) in [5.74, 6) is -2.33. The van der Waals surface area contributed by atoms with Crippen LogP contribution in [0.25, 0.3) is 44.5 Å². The van der Waals surface area contributed by atoms with E-state index in [1.165, 1.54) is 81.5 Å². The SMILES string of the molecule is CCOC(=O)C12N3Cc4c(OC)ccc(OC)c4CN1C(=O)N1Cc4c(-c5ccccc5)ccc(-c5ccccc5)c4CN(C3=O)C12C(=O)OCC.CCOC(=O)C12N3Cc4c(OC)ccc(OC)c4CN1C(=O)N1Cc4c(-c5ccccc5)ccc(-c5ccccc5)c4CN(C3=O)C12C(=O)OCC.CCOC(C)=O.CCOC(C)=O. The van der Waals surface area contributed by atoms with Crippen molar-refractivity contribution in [2.45, 2.75) is 130 Å². The molecule has 28 heteroatoms. The molecule has 4 fully saturated rings. The van der Waals surface area contributed by atoms with E-state index in [1.807, 2.05) is 146 Å². The lowest BCUT2D eigenvalue weighted by Gasteiger charge is -2.44. The molecule has 0 atom stereocenters. The Hall–Kier alpha value is -13.1. The number of carbonyl (C=O) groups excluding carboxylic acids is 10. The zero-order valence-corrected chi connectivity index (χ0v) is 66.8. The zero-order valence-electron chi connectivity index (χ0n) is 66.8. The Morgan fingerprint density at radius 2 is 0.431 bits per heavy atom. The Kier molecular flexibility index (Phi) is 23.1. The van der Waals surface area contributed by atoms with Gasteiger partial charge in [0.25, 0.3) is 22.7 Å². The quantitative estimate of drug-likeness (QED) is 0.0569. The summed E-state index contributed by atoms with van der Waals surface area (Å²) in [5.41, 5.74) is 2.90. The maximum Gasteiger partial charge on any atom is 0.358 e. The fourth-order valence-electron chi connectivity index (χ4n) is 17.7. The van der Waals surface area contributed by atoms with Gasteiger partial charge in [-0.25, -0.2) is 38.4 Å². The summed E-state index contributed by atoms with van der Waals surface area (Å²) >= 11 is 0. The molecule has 0 saturated carbocycles. The molecule has 0 unspecified atom stereocenters. The molecule has 0 radical (unpaired) electrons. The molecule has 8 heterocycles. The van der Waals surface area contributed by atoms with Crippen LogP contribution >= 0.6 is 0 Å². The van der Waals surface area contributed by atoms with Gasteiger partial charge < -0.3 is 47.4 Å². The second kappa shape index (κ2) is 33.1. The highest BCUT2D eigenvalue weighted by Crippen LogP contribution is 2.62. The number of hydrogen-bond acceptors (Lipinski definition) is 20. The van der Waals surface area contributed by atoms with Gasteiger partial charge in [-0.05, 0) is 133 Å². The average molecular weight is 1580 g/mol. The monoisotopic (exact) mass is 1580 g/mol. The van der Waals surface area contributed by atoms with Crippen molar-refractivity contribution >= 4 is 59.9 Å². The molecule has 0 aliphatic carbocycles. The first-order valence-corrected chi connectivity index (χ1v) is 38.4. The summed E-state index contributed by atoms with van der Waals surface area (Å²) < 4.78 is 55.1. The van der Waals surface area contributed by atoms with E-state index in [0.29, 0.717) is 58.5 Å². The average Bonchev–Trinajstić information content (AvgIpc) is 1.48. The van der Waals surface area contributed by atoms with Crippen LogP contribution in [0, 0.1) is 0 Å². The van der Waals surface area contributed by atoms with Crippen LogP contribution in [0.2, 0.25) is 0 Å². The van der Waals surface area contributed by atoms with Crippen LogP contribution in [0.5, 0.6) is 23.0 Å². The van der Waals surface area contributed by atoms with Gasteiger partial charge in [0.05, 0.1) is 120 Å². The molecular weight excluding hydrogens is 1490 g/mol. The van der Waals surface area contributed by atoms with E-state index in [1.54, 1.807) is 65.8 Å². The minimum atomic E-state index is -2.29. The number of rotatable bonds is 18. The van der Waals surface area contributed by atoms with Gasteiger partial charge in [-0.15, -0.1) is 0 Å². The number of nitrogens with zero attached hydrogens (tertiary/aromatic N) is 8. The lowest BCUT2D eigenvalue weighted by Crippen LogP contribution is -2.75. The molecule has 8 aromatic rings. The van der Waals surface area contributed by atoms with Crippen molar-refractivity contribution in [2.75, 3.05) is 68.1 Å². The van der Waals surface area contributed by atoms with Gasteiger partial charge in [0.2, 0.25) is 0 Å². The summed E-state index contributed by atoms with van der Waals surface area (Å²) in [7, 11) is 6.03. The standard InChI is InChI=1S/2C40H38N4O8.2C4H8O2/c2*1-5-51-35(45)39-40(36(46)52-6-2)43-23-31-32(34(50-4)20-19-33(31)49-3)24-44(40)38(48)42(39)22-30-28(26-15-11-8-12-16-26)18-17-27(25-13-9-7-10-14-25)29(30)21-41(39)37(43)47;2*1-3-6-4(2)5/h2*7-20H,5-6,21-24H2,1-4H3;2*3H2,1-2H3. The van der Waals surface area contributed by atoms with E-state index in [0.717, 1.165) is 66.8 Å². The van der Waals surface area contributed by atoms with Gasteiger partial charge in [-0.3, -0.25) is 48.8 Å². The van der Waals surface area contributed by atoms with Crippen molar-refractivity contribution in [3.63, 3.8) is 0 Å². The fraction of sp³-hybridized carbons (Fsp3) is 0.341. The van der Waals surface area contributed by atoms with Crippen molar-refractivity contribution < 1.29 is 95.3 Å². The molecule has 8 amide bonds. The largest absolute Gasteiger partial charge is 0.496 e. The summed E-state index contributed by atoms with van der Waals surface area (Å²) in [6.07, 6.45) is 0. The number of benzene rings is 8. The topological polar surface area (TPSA) is 289 Å². The van der Waals surface area contributed by atoms with E-state index in [4.69, 9.17) is 37.9 Å². The first-order valence-electron chi connectivity index (χ1n) is 38.4. The second-order valence-corrected chi connectivity index (χ2v) is 27.8. The van der Waals surface area contributed by atoms with Gasteiger partial charge in [0.15, 0.2) is 0 Å². The Morgan fingerprint density at radius 3 is 0.578 bits per heavy atom. The van der Waals surface area contributed by atoms with E-state index in [2.05, 4.69) is 9.47 Å². The van der Waals surface area contributed by atoms with Crippen LogP contribution in [0.3, 0.4) is 0 Å². The number of urea groups is 4. The Balaban J connectivity index is 0.000000177. The molecule has 0 aromatic heterocycles. The highest BCUT2D eigenvalue weighted by molar-refractivity contribution is 6.12. The second-order valence-electron chi connectivity index (χ2n) is 27.8. The summed E-state index contributed by atoms with van der Waals surface area (Å²) in [6.45, 7) is 12.4. The molecule has 116 heavy (non-hydrogen) atoms. The Morgan fingerprint density at radius 1 is 0.259 bits per heavy atom. The number of fused-ring (bicyclic) bond motifs is 4. The number of methoxy groups -OCH3 is 4. The molecule has 16 rings (SSSR count). The van der Waals surface area contributed by atoms with Crippen molar-refractivity contribution in [2.24, 2.45) is 0 Å². The third-order valence-electron chi connectivity index (χ3n) is 22.2. The van der Waals surface area contributed by atoms with Crippen LogP contribution < -0.4 is 18.9 Å². The minimum absolute atomic E-state index is 0.0666. The van der Waals surface area contributed by atoms with Crippen LogP contribution in [0.15, 0.2) is 170 Å². The van der Waals surface area contributed by atoms with Crippen molar-refractivity contribution in [3.05, 3.63) is 214 Å². The summed E-state index contributed by atoms with van der Waals surface area (Å²) in [6, 6.07) is 51.3. The van der Waals surface area contributed by atoms with Crippen LogP contribution in [0.4, 0.5) is 19.2 Å². The highest BCUT2D eigenvalue weighted by atomic mass is 16.6. The fourth-order valence-corrected chi connectivity index (χ4v) is 17.7. The first kappa shape index (κ1) is 80.9. The molecule has 4 saturated heterocycles. The molecule has 8 aromatic carbocycles. The molecule has 0 N–H and O–H groups in total. The highest BCUT2D eigenvalue weighted by Gasteiger charge is 2.89. The third kappa shape index (κ3) is 12.6. The molecule has 0 spiro atoms. The van der Waals surface area contributed by atoms with Gasteiger partial charge in [0, 0.05) is 36.1 Å². The van der Waals surface area contributed by atoms with Crippen LogP contribution in [-0.4, -0.2) is 190 Å². The van der Waals surface area contributed by atoms with E-state index in [-0.39, 0.29) is 90.7 Å². The van der Waals surface area contributed by atoms with Gasteiger partial charge >= 0.3 is 59.9 Å². The van der Waals surface area contributed by atoms with Gasteiger partial charge in [-0.1, -0.05) is 146 Å². The number of esters is 6. The molecule has 28 nitrogen and oxygen atoms in total. The van der Waals surface area contributed by atoms with Crippen molar-refractivity contribution in [1.82, 2.24) is 39.2 Å². The lowest BCUT2D eigenvalue weighted by molar-refractivity contribution is -0.191. The van der Waals surface area contributed by atoms with Gasteiger partial charge in [0.1, 0.15) is 23.0 Å². The van der Waals surface area contributed by atoms with E-state index in [9.17, 15) is 19.2 Å². The molecule has 604 valence electrons. The van der Waals surface area contributed by atoms with Crippen LogP contribution in [-0.2, 0) is 110 Å². The molecule has 8 aliphatic heterocycles. The predicted octanol–water partition coefficient (Wildman–Crippen LogP) is 12.7.